The van der Waals surface area contributed by atoms with Crippen LogP contribution in [0.3, 0.4) is 0 Å². The minimum atomic E-state index is 0.677. The van der Waals surface area contributed by atoms with Gasteiger partial charge in [0.05, 0.1) is 0 Å². The predicted molar refractivity (Wildman–Crippen MR) is 27.8 cm³/mol. The topological polar surface area (TPSA) is 35.5 Å². The van der Waals surface area contributed by atoms with Gasteiger partial charge in [-0.15, -0.1) is 5.17 Å². The molecule has 0 aliphatic heterocycles. The molecule has 0 bridgehead atoms. The molecule has 0 spiro atoms. The van der Waals surface area contributed by atoms with Gasteiger partial charge in [0.15, 0.2) is 0 Å². The first kappa shape index (κ1) is 6.88. The van der Waals surface area contributed by atoms with Crippen molar-refractivity contribution >= 4 is 0 Å². The lowest BCUT2D eigenvalue weighted by molar-refractivity contribution is -0.129. The van der Waals surface area contributed by atoms with Gasteiger partial charge in [-0.05, 0) is 6.42 Å². The Labute approximate surface area is 43.9 Å². The number of nitrogens with one attached hydrogen (secondary N) is 1. The minimum absolute atomic E-state index is 0.677. The van der Waals surface area contributed by atoms with Gasteiger partial charge in [-0.25, -0.2) is 5.43 Å². The average molecular weight is 104 g/mol. The molecule has 0 amide bonds. The highest BCUT2D eigenvalue weighted by atomic mass is 16.5. The molecule has 0 unspecified atom stereocenters. The normalized spacial score (nSPS) is 10.3. The zero-order chi connectivity index (χ0) is 5.70. The second-order valence-corrected chi connectivity index (χ2v) is 1.35. The summed E-state index contributed by atoms with van der Waals surface area (Å²) in [4.78, 5) is 0. The van der Waals surface area contributed by atoms with Crippen molar-refractivity contribution in [2.24, 2.45) is 0 Å². The molecule has 44 valence electrons. The van der Waals surface area contributed by atoms with Gasteiger partial charge in [0.2, 0.25) is 0 Å². The molecule has 0 aliphatic rings. The molecule has 0 atom stereocenters. The van der Waals surface area contributed by atoms with Crippen LogP contribution in [-0.2, 0) is 0 Å². The van der Waals surface area contributed by atoms with Crippen LogP contribution in [0, 0.1) is 0 Å². The van der Waals surface area contributed by atoms with Crippen molar-refractivity contribution in [2.45, 2.75) is 13.3 Å². The van der Waals surface area contributed by atoms with E-state index in [1.807, 2.05) is 6.92 Å². The Morgan fingerprint density at radius 3 is 2.43 bits per heavy atom. The maximum atomic E-state index is 8.58. The summed E-state index contributed by atoms with van der Waals surface area (Å²) in [6.07, 6.45) is 0.956. The van der Waals surface area contributed by atoms with E-state index in [0.29, 0.717) is 6.54 Å². The van der Waals surface area contributed by atoms with Crippen LogP contribution in [0.15, 0.2) is 0 Å². The summed E-state index contributed by atoms with van der Waals surface area (Å²) < 4.78 is 0. The van der Waals surface area contributed by atoms with E-state index >= 15 is 0 Å². The first-order valence-electron chi connectivity index (χ1n) is 2.45. The Morgan fingerprint density at radius 2 is 2.29 bits per heavy atom. The number of hydrogen-bond acceptors (Lipinski definition) is 3. The zero-order valence-corrected chi connectivity index (χ0v) is 4.81. The van der Waals surface area contributed by atoms with Gasteiger partial charge >= 0.3 is 0 Å². The van der Waals surface area contributed by atoms with Crippen molar-refractivity contribution in [2.75, 3.05) is 13.6 Å². The van der Waals surface area contributed by atoms with Crippen LogP contribution in [0.25, 0.3) is 0 Å². The number of rotatable bonds is 3. The Kier molecular flexibility index (Phi) is 3.98. The van der Waals surface area contributed by atoms with E-state index in [1.165, 1.54) is 0 Å². The van der Waals surface area contributed by atoms with E-state index < -0.39 is 0 Å². The molecule has 0 saturated heterocycles. The molecule has 0 saturated carbocycles. The maximum absolute atomic E-state index is 8.58. The Balaban J connectivity index is 2.83. The van der Waals surface area contributed by atoms with Crippen molar-refractivity contribution in [3.05, 3.63) is 0 Å². The highest BCUT2D eigenvalue weighted by molar-refractivity contribution is 4.28. The Hall–Kier alpha value is -0.120. The van der Waals surface area contributed by atoms with Crippen molar-refractivity contribution in [1.82, 2.24) is 10.6 Å². The van der Waals surface area contributed by atoms with Gasteiger partial charge in [-0.3, -0.25) is 5.21 Å². The highest BCUT2D eigenvalue weighted by Crippen LogP contribution is 1.75. The summed E-state index contributed by atoms with van der Waals surface area (Å²) in [5.41, 5.74) is 2.55. The number of nitrogens with zero attached hydrogens (tertiary/aromatic N) is 1. The van der Waals surface area contributed by atoms with E-state index in [0.717, 1.165) is 11.6 Å². The third-order valence-electron chi connectivity index (χ3n) is 0.694. The summed E-state index contributed by atoms with van der Waals surface area (Å²) in [6.45, 7) is 2.68. The third-order valence-corrected chi connectivity index (χ3v) is 0.694. The van der Waals surface area contributed by atoms with Gasteiger partial charge in [-0.1, -0.05) is 6.92 Å². The molecule has 3 nitrogen and oxygen atoms in total. The van der Waals surface area contributed by atoms with E-state index in [2.05, 4.69) is 5.43 Å². The molecule has 3 heteroatoms. The fraction of sp³-hybridized carbons (Fsp3) is 1.00. The Bertz CT molecular complexity index is 40.7. The third kappa shape index (κ3) is 3.72. The second-order valence-electron chi connectivity index (χ2n) is 1.35. The Morgan fingerprint density at radius 1 is 1.71 bits per heavy atom. The summed E-state index contributed by atoms with van der Waals surface area (Å²) in [5, 5.41) is 9.64. The van der Waals surface area contributed by atoms with Crippen LogP contribution in [-0.4, -0.2) is 24.0 Å². The van der Waals surface area contributed by atoms with Crippen molar-refractivity contribution in [1.29, 1.82) is 0 Å². The molecule has 0 radical (unpaired) electrons. The lowest BCUT2D eigenvalue weighted by Gasteiger charge is -2.09. The van der Waals surface area contributed by atoms with Crippen LogP contribution in [0.4, 0.5) is 0 Å². The summed E-state index contributed by atoms with van der Waals surface area (Å²) in [5.74, 6) is 0. The quantitative estimate of drug-likeness (QED) is 0.503. The first-order valence-corrected chi connectivity index (χ1v) is 2.45. The zero-order valence-electron chi connectivity index (χ0n) is 4.81. The molecule has 0 aromatic heterocycles. The van der Waals surface area contributed by atoms with Crippen LogP contribution >= 0.6 is 0 Å². The number of hydrazine groups is 1. The highest BCUT2D eigenvalue weighted by Gasteiger charge is 1.87. The fourth-order valence-electron chi connectivity index (χ4n) is 0.324. The molecular formula is C4H12N2O. The summed E-state index contributed by atoms with van der Waals surface area (Å²) in [6, 6.07) is 0. The van der Waals surface area contributed by atoms with Crippen molar-refractivity contribution in [3.8, 4) is 0 Å². The summed E-state index contributed by atoms with van der Waals surface area (Å²) in [7, 11) is 1.68. The van der Waals surface area contributed by atoms with Gasteiger partial charge in [-0.2, -0.15) is 0 Å². The lowest BCUT2D eigenvalue weighted by atomic mass is 10.5. The molecular weight excluding hydrogens is 92.1 g/mol. The van der Waals surface area contributed by atoms with E-state index in [-0.39, 0.29) is 0 Å². The van der Waals surface area contributed by atoms with E-state index in [4.69, 9.17) is 5.21 Å². The molecule has 0 aromatic rings. The molecule has 2 N–H and O–H groups in total. The number of hydrogen-bond donors (Lipinski definition) is 2. The molecule has 7 heavy (non-hydrogen) atoms. The molecule has 0 heterocycles. The monoisotopic (exact) mass is 104 g/mol. The standard InChI is InChI=1S/C4H12N2O/c1-3-4-6(7)5-2/h5,7H,3-4H2,1-2H3. The lowest BCUT2D eigenvalue weighted by Crippen LogP contribution is -2.31. The second kappa shape index (κ2) is 4.05. The van der Waals surface area contributed by atoms with E-state index in [1.54, 1.807) is 7.05 Å². The van der Waals surface area contributed by atoms with Crippen molar-refractivity contribution in [3.63, 3.8) is 0 Å². The smallest absolute Gasteiger partial charge is 0.0396 e. The van der Waals surface area contributed by atoms with Gasteiger partial charge in [0, 0.05) is 13.6 Å². The molecule has 0 aliphatic carbocycles. The van der Waals surface area contributed by atoms with Crippen LogP contribution < -0.4 is 5.43 Å². The van der Waals surface area contributed by atoms with Gasteiger partial charge in [0.1, 0.15) is 0 Å². The number of hydroxylamine groups is 1. The SMILES string of the molecule is CCCN(O)NC. The average Bonchev–Trinajstić information content (AvgIpc) is 1.68. The van der Waals surface area contributed by atoms with Crippen molar-refractivity contribution < 1.29 is 5.21 Å². The minimum Gasteiger partial charge on any atom is -0.299 e. The van der Waals surface area contributed by atoms with E-state index in [9.17, 15) is 0 Å². The molecule has 0 rings (SSSR count). The molecule has 0 aromatic carbocycles. The largest absolute Gasteiger partial charge is 0.299 e. The van der Waals surface area contributed by atoms with Gasteiger partial charge in [0.25, 0.3) is 0 Å². The van der Waals surface area contributed by atoms with Crippen LogP contribution in [0.5, 0.6) is 0 Å². The predicted octanol–water partition coefficient (Wildman–Crippen LogP) is 0.222. The van der Waals surface area contributed by atoms with Crippen LogP contribution in [0.1, 0.15) is 13.3 Å². The first-order chi connectivity index (χ1) is 3.31. The van der Waals surface area contributed by atoms with Gasteiger partial charge < -0.3 is 0 Å². The molecule has 0 fully saturated rings. The fourth-order valence-corrected chi connectivity index (χ4v) is 0.324. The summed E-state index contributed by atoms with van der Waals surface area (Å²) >= 11 is 0. The maximum Gasteiger partial charge on any atom is 0.0396 e. The van der Waals surface area contributed by atoms with Crippen LogP contribution in [0.2, 0.25) is 0 Å².